The second-order valence-corrected chi connectivity index (χ2v) is 9.35. The van der Waals surface area contributed by atoms with Crippen molar-refractivity contribution in [2.75, 3.05) is 26.2 Å². The molecule has 0 unspecified atom stereocenters. The number of piperazine rings is 1. The zero-order valence-electron chi connectivity index (χ0n) is 15.9. The molecule has 1 N–H and O–H groups in total. The number of rotatable bonds is 3. The molecule has 4 saturated carbocycles. The molecule has 6 rings (SSSR count). The van der Waals surface area contributed by atoms with Gasteiger partial charge in [0.1, 0.15) is 6.20 Å². The lowest BCUT2D eigenvalue weighted by molar-refractivity contribution is -0.962. The summed E-state index contributed by atoms with van der Waals surface area (Å²) in [6, 6.07) is 0. The number of hydrogen-bond acceptors (Lipinski definition) is 4. The Morgan fingerprint density at radius 3 is 2.26 bits per heavy atom. The lowest BCUT2D eigenvalue weighted by atomic mass is 9.52. The number of nitrogens with one attached hydrogen (secondary N) is 1. The molecule has 0 radical (unpaired) electrons. The molecular weight excluding hydrogens is 346 g/mol. The third-order valence-electron chi connectivity index (χ3n) is 7.76. The maximum Gasteiger partial charge on any atom is 0.320 e. The third kappa shape index (κ3) is 2.68. The van der Waals surface area contributed by atoms with Gasteiger partial charge in [-0.3, -0.25) is 19.6 Å². The smallest absolute Gasteiger partial charge is 0.320 e. The van der Waals surface area contributed by atoms with E-state index in [1.807, 2.05) is 0 Å². The highest BCUT2D eigenvalue weighted by Crippen LogP contribution is 2.54. The van der Waals surface area contributed by atoms with Crippen LogP contribution in [0.25, 0.3) is 0 Å². The number of carbonyl (C=O) groups is 1. The molecule has 1 amide bonds. The fraction of sp³-hybridized carbons (Fsp3) is 0.789. The lowest BCUT2D eigenvalue weighted by Gasteiger charge is -2.59. The van der Waals surface area contributed by atoms with Crippen molar-refractivity contribution in [3.05, 3.63) is 22.0 Å². The maximum atomic E-state index is 12.9. The molecule has 0 aromatic carbocycles. The van der Waals surface area contributed by atoms with E-state index in [1.165, 1.54) is 49.4 Å². The number of nitrogens with zero attached hydrogens (tertiary/aromatic N) is 4. The van der Waals surface area contributed by atoms with Crippen molar-refractivity contribution < 1.29 is 14.6 Å². The first-order valence-corrected chi connectivity index (χ1v) is 10.3. The van der Waals surface area contributed by atoms with Gasteiger partial charge in [0.05, 0.1) is 36.6 Å². The van der Waals surface area contributed by atoms with Crippen LogP contribution in [0.4, 0.5) is 5.69 Å². The maximum absolute atomic E-state index is 12.9. The van der Waals surface area contributed by atoms with Gasteiger partial charge in [0.25, 0.3) is 5.91 Å². The van der Waals surface area contributed by atoms with E-state index >= 15 is 0 Å². The van der Waals surface area contributed by atoms with Crippen molar-refractivity contribution in [3.8, 4) is 0 Å². The largest absolute Gasteiger partial charge is 0.327 e. The van der Waals surface area contributed by atoms with E-state index in [2.05, 4.69) is 5.10 Å². The number of aromatic nitrogens is 2. The van der Waals surface area contributed by atoms with Crippen LogP contribution in [0.1, 0.15) is 49.0 Å². The average Bonchev–Trinajstić information content (AvgIpc) is 3.02. The minimum atomic E-state index is -0.517. The summed E-state index contributed by atoms with van der Waals surface area (Å²) in [5.41, 5.74) is 0.346. The van der Waals surface area contributed by atoms with Crippen LogP contribution in [-0.2, 0) is 7.05 Å². The van der Waals surface area contributed by atoms with Crippen LogP contribution in [0.2, 0.25) is 0 Å². The first-order chi connectivity index (χ1) is 12.9. The first-order valence-electron chi connectivity index (χ1n) is 10.3. The van der Waals surface area contributed by atoms with Crippen molar-refractivity contribution in [1.29, 1.82) is 0 Å². The molecule has 1 aromatic rings. The molecule has 1 aromatic heterocycles. The van der Waals surface area contributed by atoms with Gasteiger partial charge >= 0.3 is 5.69 Å². The predicted octanol–water partition coefficient (Wildman–Crippen LogP) is 0.638. The van der Waals surface area contributed by atoms with E-state index in [9.17, 15) is 14.9 Å². The van der Waals surface area contributed by atoms with Crippen LogP contribution < -0.4 is 4.90 Å². The van der Waals surface area contributed by atoms with Crippen LogP contribution in [0, 0.1) is 27.9 Å². The van der Waals surface area contributed by atoms with Gasteiger partial charge in [-0.25, -0.2) is 0 Å². The fourth-order valence-electron chi connectivity index (χ4n) is 7.01. The molecule has 8 heteroatoms. The van der Waals surface area contributed by atoms with E-state index in [0.717, 1.165) is 30.8 Å². The van der Waals surface area contributed by atoms with Crippen LogP contribution in [0.3, 0.4) is 0 Å². The van der Waals surface area contributed by atoms with E-state index in [1.54, 1.807) is 16.8 Å². The number of quaternary nitrogens is 1. The molecule has 5 fully saturated rings. The van der Waals surface area contributed by atoms with Crippen molar-refractivity contribution in [1.82, 2.24) is 14.7 Å². The topological polar surface area (TPSA) is 85.7 Å². The Hall–Kier alpha value is -1.96. The number of amides is 1. The molecule has 5 aliphatic rings. The summed E-state index contributed by atoms with van der Waals surface area (Å²) in [7, 11) is 1.59. The van der Waals surface area contributed by atoms with Crippen molar-refractivity contribution in [3.63, 3.8) is 0 Å². The zero-order chi connectivity index (χ0) is 18.8. The first kappa shape index (κ1) is 17.2. The molecule has 4 bridgehead atoms. The quantitative estimate of drug-likeness (QED) is 0.621. The minimum absolute atomic E-state index is 0.0956. The van der Waals surface area contributed by atoms with Crippen LogP contribution in [0.15, 0.2) is 6.20 Å². The van der Waals surface area contributed by atoms with Crippen LogP contribution >= 0.6 is 0 Å². The lowest BCUT2D eigenvalue weighted by Crippen LogP contribution is -3.23. The SMILES string of the molecule is Cn1ncc([N+](=O)[O-])c1C(=O)N1CC[NH+](C23CC4CC(CC(C4)C2)C3)CC1. The highest BCUT2D eigenvalue weighted by molar-refractivity contribution is 5.96. The molecule has 0 atom stereocenters. The van der Waals surface area contributed by atoms with Crippen molar-refractivity contribution in [2.24, 2.45) is 24.8 Å². The van der Waals surface area contributed by atoms with E-state index < -0.39 is 4.92 Å². The summed E-state index contributed by atoms with van der Waals surface area (Å²) in [6.45, 7) is 3.28. The Labute approximate surface area is 158 Å². The second kappa shape index (κ2) is 6.02. The Kier molecular flexibility index (Phi) is 3.83. The van der Waals surface area contributed by atoms with E-state index in [4.69, 9.17) is 0 Å². The molecular formula is C19H28N5O3+. The standard InChI is InChI=1S/C19H27N5O3/c1-21-17(16(12-20-21)24(26)27)18(25)22-2-4-23(5-3-22)19-9-13-6-14(10-19)8-15(7-13)11-19/h12-15H,2-11H2,1H3/p+1. The summed E-state index contributed by atoms with van der Waals surface area (Å²) < 4.78 is 1.33. The predicted molar refractivity (Wildman–Crippen MR) is 97.4 cm³/mol. The molecule has 2 heterocycles. The van der Waals surface area contributed by atoms with Crippen LogP contribution in [-0.4, -0.2) is 57.2 Å². The Morgan fingerprint density at radius 2 is 1.74 bits per heavy atom. The number of aryl methyl sites for hydroxylation is 1. The van der Waals surface area contributed by atoms with Crippen molar-refractivity contribution in [2.45, 2.75) is 44.1 Å². The van der Waals surface area contributed by atoms with Gasteiger partial charge in [-0.2, -0.15) is 5.10 Å². The molecule has 4 aliphatic carbocycles. The molecule has 1 aliphatic heterocycles. The van der Waals surface area contributed by atoms with Gasteiger partial charge in [0, 0.05) is 26.3 Å². The second-order valence-electron chi connectivity index (χ2n) is 9.35. The fourth-order valence-corrected chi connectivity index (χ4v) is 7.01. The Morgan fingerprint density at radius 1 is 1.19 bits per heavy atom. The summed E-state index contributed by atoms with van der Waals surface area (Å²) in [5.74, 6) is 2.53. The van der Waals surface area contributed by atoms with Crippen LogP contribution in [0.5, 0.6) is 0 Å². The van der Waals surface area contributed by atoms with Gasteiger partial charge in [-0.05, 0) is 37.0 Å². The van der Waals surface area contributed by atoms with Gasteiger partial charge in [-0.1, -0.05) is 0 Å². The minimum Gasteiger partial charge on any atom is -0.327 e. The molecule has 8 nitrogen and oxygen atoms in total. The highest BCUT2D eigenvalue weighted by atomic mass is 16.6. The summed E-state index contributed by atoms with van der Waals surface area (Å²) in [4.78, 5) is 27.1. The van der Waals surface area contributed by atoms with Gasteiger partial charge in [-0.15, -0.1) is 0 Å². The van der Waals surface area contributed by atoms with Gasteiger partial charge in [0.2, 0.25) is 5.69 Å². The van der Waals surface area contributed by atoms with E-state index in [0.29, 0.717) is 18.6 Å². The number of hydrogen-bond donors (Lipinski definition) is 1. The van der Waals surface area contributed by atoms with Gasteiger partial charge < -0.3 is 9.80 Å². The Bertz CT molecular complexity index is 745. The van der Waals surface area contributed by atoms with Gasteiger partial charge in [0.15, 0.2) is 0 Å². The number of carbonyl (C=O) groups excluding carboxylic acids is 1. The normalized spacial score (nSPS) is 35.6. The highest BCUT2D eigenvalue weighted by Gasteiger charge is 2.56. The summed E-state index contributed by atoms with van der Waals surface area (Å²) in [6.07, 6.45) is 9.62. The summed E-state index contributed by atoms with van der Waals surface area (Å²) in [5, 5.41) is 15.1. The average molecular weight is 374 g/mol. The number of nitro groups is 1. The van der Waals surface area contributed by atoms with E-state index in [-0.39, 0.29) is 17.3 Å². The zero-order valence-corrected chi connectivity index (χ0v) is 15.9. The Balaban J connectivity index is 1.29. The third-order valence-corrected chi connectivity index (χ3v) is 7.76. The molecule has 27 heavy (non-hydrogen) atoms. The molecule has 146 valence electrons. The monoisotopic (exact) mass is 374 g/mol. The summed E-state index contributed by atoms with van der Waals surface area (Å²) >= 11 is 0. The molecule has 0 spiro atoms. The van der Waals surface area contributed by atoms with Crippen molar-refractivity contribution >= 4 is 11.6 Å². The molecule has 1 saturated heterocycles.